The Balaban J connectivity index is 4.02. The van der Waals surface area contributed by atoms with Crippen molar-refractivity contribution in [2.45, 2.75) is 38.8 Å². The molecule has 0 saturated heterocycles. The van der Waals surface area contributed by atoms with E-state index in [-0.39, 0.29) is 6.04 Å². The number of carbonyl (C=O) groups is 2. The third-order valence-corrected chi connectivity index (χ3v) is 1.81. The Morgan fingerprint density at radius 1 is 1.47 bits per heavy atom. The molecule has 0 heterocycles. The van der Waals surface area contributed by atoms with Crippen LogP contribution in [0.4, 0.5) is 4.79 Å². The van der Waals surface area contributed by atoms with Crippen molar-refractivity contribution in [3.05, 3.63) is 0 Å². The maximum atomic E-state index is 11.2. The minimum atomic E-state index is -1.04. The van der Waals surface area contributed by atoms with Crippen LogP contribution < -0.4 is 10.6 Å². The molecule has 0 rings (SSSR count). The van der Waals surface area contributed by atoms with Crippen LogP contribution in [0.15, 0.2) is 0 Å². The lowest BCUT2D eigenvalue weighted by Gasteiger charge is -2.15. The second kappa shape index (κ2) is 6.71. The Hall–Kier alpha value is -1.70. The summed E-state index contributed by atoms with van der Waals surface area (Å²) < 4.78 is 0. The van der Waals surface area contributed by atoms with Gasteiger partial charge in [-0.15, -0.1) is 12.3 Å². The summed E-state index contributed by atoms with van der Waals surface area (Å²) in [5.41, 5.74) is 0. The van der Waals surface area contributed by atoms with Gasteiger partial charge in [0.2, 0.25) is 0 Å². The molecular formula is C10H16N2O3. The summed E-state index contributed by atoms with van der Waals surface area (Å²) in [6, 6.07) is -1.53. The van der Waals surface area contributed by atoms with Crippen molar-refractivity contribution in [1.82, 2.24) is 10.6 Å². The largest absolute Gasteiger partial charge is 0.480 e. The molecule has 15 heavy (non-hydrogen) atoms. The summed E-state index contributed by atoms with van der Waals surface area (Å²) >= 11 is 0. The Morgan fingerprint density at radius 3 is 2.47 bits per heavy atom. The predicted molar refractivity (Wildman–Crippen MR) is 56.3 cm³/mol. The van der Waals surface area contributed by atoms with Gasteiger partial charge in [-0.05, 0) is 13.3 Å². The molecule has 0 aliphatic rings. The fourth-order valence-corrected chi connectivity index (χ4v) is 0.990. The van der Waals surface area contributed by atoms with Gasteiger partial charge in [0.1, 0.15) is 6.04 Å². The number of nitrogens with one attached hydrogen (secondary N) is 2. The molecule has 0 aromatic heterocycles. The summed E-state index contributed by atoms with van der Waals surface area (Å²) in [4.78, 5) is 21.9. The standard InChI is InChI=1S/C10H16N2O3/c1-4-6-7(3)11-10(15)12-8(5-2)9(13)14/h1,7-8H,5-6H2,2-3H3,(H,13,14)(H2,11,12,15)/t7?,8-/m0/s1. The van der Waals surface area contributed by atoms with Crippen molar-refractivity contribution in [2.24, 2.45) is 0 Å². The highest BCUT2D eigenvalue weighted by atomic mass is 16.4. The molecule has 3 N–H and O–H groups in total. The molecule has 2 atom stereocenters. The Bertz CT molecular complexity index is 270. The third-order valence-electron chi connectivity index (χ3n) is 1.81. The van der Waals surface area contributed by atoms with E-state index in [1.807, 2.05) is 0 Å². The summed E-state index contributed by atoms with van der Waals surface area (Å²) in [5.74, 6) is 1.36. The number of urea groups is 1. The normalized spacial score (nSPS) is 13.4. The molecular weight excluding hydrogens is 196 g/mol. The number of hydrogen-bond donors (Lipinski definition) is 3. The maximum Gasteiger partial charge on any atom is 0.326 e. The van der Waals surface area contributed by atoms with Crippen LogP contribution in [0, 0.1) is 12.3 Å². The van der Waals surface area contributed by atoms with Crippen molar-refractivity contribution in [3.63, 3.8) is 0 Å². The summed E-state index contributed by atoms with van der Waals surface area (Å²) in [6.07, 6.45) is 5.82. The van der Waals surface area contributed by atoms with Crippen molar-refractivity contribution in [1.29, 1.82) is 0 Å². The average molecular weight is 212 g/mol. The lowest BCUT2D eigenvalue weighted by Crippen LogP contribution is -2.48. The SMILES string of the molecule is C#CCC(C)NC(=O)N[C@@H](CC)C(=O)O. The highest BCUT2D eigenvalue weighted by molar-refractivity contribution is 5.82. The Labute approximate surface area is 89.2 Å². The highest BCUT2D eigenvalue weighted by Crippen LogP contribution is 1.92. The molecule has 0 radical (unpaired) electrons. The average Bonchev–Trinajstić information content (AvgIpc) is 2.13. The molecule has 2 amide bonds. The van der Waals surface area contributed by atoms with Crippen LogP contribution in [0.2, 0.25) is 0 Å². The van der Waals surface area contributed by atoms with Crippen LogP contribution in [0.3, 0.4) is 0 Å². The predicted octanol–water partition coefficient (Wildman–Crippen LogP) is 0.561. The molecule has 0 spiro atoms. The number of terminal acetylenes is 1. The molecule has 5 nitrogen and oxygen atoms in total. The molecule has 0 bridgehead atoms. The fourth-order valence-electron chi connectivity index (χ4n) is 0.990. The first-order valence-corrected chi connectivity index (χ1v) is 4.74. The van der Waals surface area contributed by atoms with Gasteiger partial charge in [0, 0.05) is 12.5 Å². The van der Waals surface area contributed by atoms with Crippen LogP contribution in [-0.4, -0.2) is 29.2 Å². The lowest BCUT2D eigenvalue weighted by atomic mass is 10.2. The van der Waals surface area contributed by atoms with E-state index < -0.39 is 18.0 Å². The van der Waals surface area contributed by atoms with E-state index in [1.165, 1.54) is 0 Å². The van der Waals surface area contributed by atoms with Crippen molar-refractivity contribution >= 4 is 12.0 Å². The first-order valence-electron chi connectivity index (χ1n) is 4.74. The van der Waals surface area contributed by atoms with Crippen LogP contribution >= 0.6 is 0 Å². The summed E-state index contributed by atoms with van der Waals surface area (Å²) in [7, 11) is 0. The van der Waals surface area contributed by atoms with Crippen molar-refractivity contribution in [2.75, 3.05) is 0 Å². The van der Waals surface area contributed by atoms with E-state index in [0.29, 0.717) is 12.8 Å². The van der Waals surface area contributed by atoms with Gasteiger partial charge in [-0.1, -0.05) is 6.92 Å². The molecule has 0 aliphatic heterocycles. The number of carboxylic acids is 1. The lowest BCUT2D eigenvalue weighted by molar-refractivity contribution is -0.139. The molecule has 84 valence electrons. The van der Waals surface area contributed by atoms with E-state index in [1.54, 1.807) is 13.8 Å². The molecule has 0 aromatic rings. The van der Waals surface area contributed by atoms with E-state index in [0.717, 1.165) is 0 Å². The first-order chi connectivity index (χ1) is 7.01. The quantitative estimate of drug-likeness (QED) is 0.583. The zero-order valence-corrected chi connectivity index (χ0v) is 8.91. The van der Waals surface area contributed by atoms with Crippen LogP contribution in [0.1, 0.15) is 26.7 Å². The smallest absolute Gasteiger partial charge is 0.326 e. The van der Waals surface area contributed by atoms with Crippen LogP contribution in [0.5, 0.6) is 0 Å². The van der Waals surface area contributed by atoms with Gasteiger partial charge in [-0.3, -0.25) is 0 Å². The van der Waals surface area contributed by atoms with Gasteiger partial charge in [0.15, 0.2) is 0 Å². The number of rotatable bonds is 5. The van der Waals surface area contributed by atoms with Gasteiger partial charge in [-0.25, -0.2) is 9.59 Å². The van der Waals surface area contributed by atoms with Crippen LogP contribution in [-0.2, 0) is 4.79 Å². The van der Waals surface area contributed by atoms with E-state index in [2.05, 4.69) is 16.6 Å². The highest BCUT2D eigenvalue weighted by Gasteiger charge is 2.17. The number of hydrogen-bond acceptors (Lipinski definition) is 2. The zero-order valence-electron chi connectivity index (χ0n) is 8.91. The Kier molecular flexibility index (Phi) is 5.95. The zero-order chi connectivity index (χ0) is 11.8. The van der Waals surface area contributed by atoms with Crippen molar-refractivity contribution in [3.8, 4) is 12.3 Å². The topological polar surface area (TPSA) is 78.4 Å². The third kappa shape index (κ3) is 5.57. The van der Waals surface area contributed by atoms with Gasteiger partial charge in [0.05, 0.1) is 0 Å². The molecule has 1 unspecified atom stereocenters. The molecule has 5 heteroatoms. The monoisotopic (exact) mass is 212 g/mol. The van der Waals surface area contributed by atoms with Gasteiger partial charge in [0.25, 0.3) is 0 Å². The number of carbonyl (C=O) groups excluding carboxylic acids is 1. The minimum Gasteiger partial charge on any atom is -0.480 e. The number of amides is 2. The van der Waals surface area contributed by atoms with Gasteiger partial charge >= 0.3 is 12.0 Å². The van der Waals surface area contributed by atoms with E-state index >= 15 is 0 Å². The second-order valence-corrected chi connectivity index (χ2v) is 3.23. The molecule has 0 aliphatic carbocycles. The second-order valence-electron chi connectivity index (χ2n) is 3.23. The Morgan fingerprint density at radius 2 is 2.07 bits per heavy atom. The number of carboxylic acid groups (broad SMARTS) is 1. The van der Waals surface area contributed by atoms with Gasteiger partial charge < -0.3 is 15.7 Å². The first kappa shape index (κ1) is 13.3. The number of aliphatic carboxylic acids is 1. The van der Waals surface area contributed by atoms with Crippen molar-refractivity contribution < 1.29 is 14.7 Å². The molecule has 0 aromatic carbocycles. The fraction of sp³-hybridized carbons (Fsp3) is 0.600. The summed E-state index contributed by atoms with van der Waals surface area (Å²) in [5, 5.41) is 13.6. The van der Waals surface area contributed by atoms with E-state index in [4.69, 9.17) is 11.5 Å². The minimum absolute atomic E-state index is 0.165. The van der Waals surface area contributed by atoms with Gasteiger partial charge in [-0.2, -0.15) is 0 Å². The molecule has 0 saturated carbocycles. The van der Waals surface area contributed by atoms with E-state index in [9.17, 15) is 9.59 Å². The maximum absolute atomic E-state index is 11.2. The molecule has 0 fully saturated rings. The van der Waals surface area contributed by atoms with Crippen LogP contribution in [0.25, 0.3) is 0 Å². The summed E-state index contributed by atoms with van der Waals surface area (Å²) in [6.45, 7) is 3.44.